The van der Waals surface area contributed by atoms with Gasteiger partial charge in [0, 0.05) is 11.8 Å². The van der Waals surface area contributed by atoms with Crippen LogP contribution >= 0.6 is 15.9 Å². The van der Waals surface area contributed by atoms with Crippen LogP contribution in [0.4, 0.5) is 0 Å². The monoisotopic (exact) mass is 274 g/mol. The Morgan fingerprint density at radius 2 is 2.20 bits per heavy atom. The SMILES string of the molecule is NC(=O)CC(O)C(O)c1ccc(Br)nc1. The number of amides is 1. The standard InChI is InChI=1S/C9H11BrN2O3/c10-7-2-1-5(4-12-7)9(15)6(13)3-8(11)14/h1-2,4,6,9,13,15H,3H2,(H2,11,14). The lowest BCUT2D eigenvalue weighted by molar-refractivity contribution is -0.121. The van der Waals surface area contributed by atoms with Gasteiger partial charge in [0.25, 0.3) is 0 Å². The first kappa shape index (κ1) is 12.1. The van der Waals surface area contributed by atoms with Gasteiger partial charge < -0.3 is 15.9 Å². The van der Waals surface area contributed by atoms with Crippen molar-refractivity contribution in [2.45, 2.75) is 18.6 Å². The van der Waals surface area contributed by atoms with Crippen molar-refractivity contribution in [3.05, 3.63) is 28.5 Å². The molecule has 6 heteroatoms. The molecular formula is C9H11BrN2O3. The third-order valence-corrected chi connectivity index (χ3v) is 2.34. The molecule has 0 aliphatic carbocycles. The zero-order valence-electron chi connectivity index (χ0n) is 7.80. The first-order chi connectivity index (χ1) is 7.00. The van der Waals surface area contributed by atoms with E-state index in [0.29, 0.717) is 10.2 Å². The Labute approximate surface area is 95.1 Å². The molecule has 1 rings (SSSR count). The summed E-state index contributed by atoms with van der Waals surface area (Å²) in [5, 5.41) is 19.0. The quantitative estimate of drug-likeness (QED) is 0.680. The lowest BCUT2D eigenvalue weighted by Crippen LogP contribution is -2.25. The molecule has 1 heterocycles. The Kier molecular flexibility index (Phi) is 4.19. The molecule has 0 bridgehead atoms. The van der Waals surface area contributed by atoms with Crippen LogP contribution < -0.4 is 5.73 Å². The average Bonchev–Trinajstić information content (AvgIpc) is 2.17. The highest BCUT2D eigenvalue weighted by atomic mass is 79.9. The summed E-state index contributed by atoms with van der Waals surface area (Å²) in [7, 11) is 0. The summed E-state index contributed by atoms with van der Waals surface area (Å²) in [5.41, 5.74) is 5.34. The minimum absolute atomic E-state index is 0.281. The van der Waals surface area contributed by atoms with Gasteiger partial charge in [-0.05, 0) is 22.0 Å². The minimum atomic E-state index is -1.20. The highest BCUT2D eigenvalue weighted by Crippen LogP contribution is 2.19. The lowest BCUT2D eigenvalue weighted by atomic mass is 10.0. The van der Waals surface area contributed by atoms with Gasteiger partial charge in [-0.3, -0.25) is 4.79 Å². The first-order valence-corrected chi connectivity index (χ1v) is 5.06. The maximum Gasteiger partial charge on any atom is 0.220 e. The number of hydrogen-bond acceptors (Lipinski definition) is 4. The van der Waals surface area contributed by atoms with E-state index in [4.69, 9.17) is 5.73 Å². The molecular weight excluding hydrogens is 264 g/mol. The van der Waals surface area contributed by atoms with Crippen molar-refractivity contribution in [2.24, 2.45) is 5.73 Å². The maximum absolute atomic E-state index is 10.5. The molecule has 1 amide bonds. The van der Waals surface area contributed by atoms with Crippen molar-refractivity contribution in [2.75, 3.05) is 0 Å². The highest BCUT2D eigenvalue weighted by molar-refractivity contribution is 9.10. The number of aliphatic hydroxyl groups is 2. The Hall–Kier alpha value is -0.980. The topological polar surface area (TPSA) is 96.4 Å². The number of nitrogens with two attached hydrogens (primary N) is 1. The fourth-order valence-corrected chi connectivity index (χ4v) is 1.34. The van der Waals surface area contributed by atoms with E-state index in [2.05, 4.69) is 20.9 Å². The number of halogens is 1. The van der Waals surface area contributed by atoms with Crippen LogP contribution in [0.25, 0.3) is 0 Å². The van der Waals surface area contributed by atoms with E-state index in [-0.39, 0.29) is 6.42 Å². The number of nitrogens with zero attached hydrogens (tertiary/aromatic N) is 1. The highest BCUT2D eigenvalue weighted by Gasteiger charge is 2.20. The molecule has 0 aromatic carbocycles. The van der Waals surface area contributed by atoms with Crippen molar-refractivity contribution in [1.29, 1.82) is 0 Å². The molecule has 15 heavy (non-hydrogen) atoms. The van der Waals surface area contributed by atoms with Crippen LogP contribution in [0.1, 0.15) is 18.1 Å². The molecule has 0 fully saturated rings. The summed E-state index contributed by atoms with van der Waals surface area (Å²) in [6, 6.07) is 3.24. The summed E-state index contributed by atoms with van der Waals surface area (Å²) in [5.74, 6) is -0.661. The van der Waals surface area contributed by atoms with E-state index in [1.165, 1.54) is 6.20 Å². The third-order valence-electron chi connectivity index (χ3n) is 1.87. The van der Waals surface area contributed by atoms with Crippen LogP contribution in [0, 0.1) is 0 Å². The van der Waals surface area contributed by atoms with Gasteiger partial charge >= 0.3 is 0 Å². The Balaban J connectivity index is 2.71. The van der Waals surface area contributed by atoms with E-state index < -0.39 is 18.1 Å². The van der Waals surface area contributed by atoms with Gasteiger partial charge in [-0.25, -0.2) is 4.98 Å². The summed E-state index contributed by atoms with van der Waals surface area (Å²) in [6.45, 7) is 0. The second-order valence-corrected chi connectivity index (χ2v) is 3.91. The van der Waals surface area contributed by atoms with Crippen LogP contribution in [0.5, 0.6) is 0 Å². The number of aliphatic hydroxyl groups excluding tert-OH is 2. The molecule has 0 spiro atoms. The number of primary amides is 1. The van der Waals surface area contributed by atoms with Gasteiger partial charge in [-0.2, -0.15) is 0 Å². The fraction of sp³-hybridized carbons (Fsp3) is 0.333. The van der Waals surface area contributed by atoms with Crippen molar-refractivity contribution in [3.63, 3.8) is 0 Å². The molecule has 5 nitrogen and oxygen atoms in total. The predicted molar refractivity (Wildman–Crippen MR) is 56.7 cm³/mol. The zero-order chi connectivity index (χ0) is 11.4. The summed E-state index contributed by atoms with van der Waals surface area (Å²) < 4.78 is 0.628. The van der Waals surface area contributed by atoms with Crippen LogP contribution in [0.15, 0.2) is 22.9 Å². The third kappa shape index (κ3) is 3.58. The minimum Gasteiger partial charge on any atom is -0.390 e. The average molecular weight is 275 g/mol. The van der Waals surface area contributed by atoms with Gasteiger partial charge in [-0.15, -0.1) is 0 Å². The number of aromatic nitrogens is 1. The van der Waals surface area contributed by atoms with Gasteiger partial charge in [0.2, 0.25) is 5.91 Å². The van der Waals surface area contributed by atoms with Crippen LogP contribution in [-0.4, -0.2) is 27.2 Å². The maximum atomic E-state index is 10.5. The van der Waals surface area contributed by atoms with Gasteiger partial charge in [0.15, 0.2) is 0 Å². The fourth-order valence-electron chi connectivity index (χ4n) is 1.10. The molecule has 82 valence electrons. The van der Waals surface area contributed by atoms with Gasteiger partial charge in [-0.1, -0.05) is 6.07 Å². The van der Waals surface area contributed by atoms with E-state index in [1.54, 1.807) is 12.1 Å². The summed E-state index contributed by atoms with van der Waals surface area (Å²) >= 11 is 3.14. The Morgan fingerprint density at radius 3 is 2.67 bits per heavy atom. The molecule has 0 saturated carbocycles. The van der Waals surface area contributed by atoms with Gasteiger partial charge in [0.05, 0.1) is 12.5 Å². The van der Waals surface area contributed by atoms with E-state index >= 15 is 0 Å². The number of rotatable bonds is 4. The summed E-state index contributed by atoms with van der Waals surface area (Å²) in [6.07, 6.45) is -1.22. The molecule has 0 aliphatic rings. The molecule has 1 aromatic rings. The van der Waals surface area contributed by atoms with Crippen LogP contribution in [-0.2, 0) is 4.79 Å². The zero-order valence-corrected chi connectivity index (χ0v) is 9.39. The number of carbonyl (C=O) groups excluding carboxylic acids is 1. The molecule has 1 aromatic heterocycles. The molecule has 0 radical (unpaired) electrons. The normalized spacial score (nSPS) is 14.6. The van der Waals surface area contributed by atoms with E-state index in [9.17, 15) is 15.0 Å². The van der Waals surface area contributed by atoms with Crippen molar-refractivity contribution in [1.82, 2.24) is 4.98 Å². The van der Waals surface area contributed by atoms with Crippen LogP contribution in [0.3, 0.4) is 0 Å². The van der Waals surface area contributed by atoms with Crippen LogP contribution in [0.2, 0.25) is 0 Å². The smallest absolute Gasteiger partial charge is 0.220 e. The largest absolute Gasteiger partial charge is 0.390 e. The van der Waals surface area contributed by atoms with E-state index in [0.717, 1.165) is 0 Å². The Bertz CT molecular complexity index is 342. The van der Waals surface area contributed by atoms with E-state index in [1.807, 2.05) is 0 Å². The first-order valence-electron chi connectivity index (χ1n) is 4.26. The molecule has 2 unspecified atom stereocenters. The molecule has 2 atom stereocenters. The molecule has 4 N–H and O–H groups in total. The van der Waals surface area contributed by atoms with Crippen molar-refractivity contribution >= 4 is 21.8 Å². The number of hydrogen-bond donors (Lipinski definition) is 3. The number of pyridine rings is 1. The van der Waals surface area contributed by atoms with Crippen molar-refractivity contribution < 1.29 is 15.0 Å². The van der Waals surface area contributed by atoms with Gasteiger partial charge in [0.1, 0.15) is 10.7 Å². The molecule has 0 aliphatic heterocycles. The Morgan fingerprint density at radius 1 is 1.53 bits per heavy atom. The predicted octanol–water partition coefficient (Wildman–Crippen LogP) is 0.114. The number of carbonyl (C=O) groups is 1. The second kappa shape index (κ2) is 5.20. The second-order valence-electron chi connectivity index (χ2n) is 3.10. The van der Waals surface area contributed by atoms with Crippen molar-refractivity contribution in [3.8, 4) is 0 Å². The lowest BCUT2D eigenvalue weighted by Gasteiger charge is -2.16. The summed E-state index contributed by atoms with van der Waals surface area (Å²) in [4.78, 5) is 14.4. The molecule has 0 saturated heterocycles.